The first kappa shape index (κ1) is 30.4. The third-order valence-electron chi connectivity index (χ3n) is 9.27. The van der Waals surface area contributed by atoms with Gasteiger partial charge in [-0.05, 0) is 53.2 Å². The fraction of sp³-hybridized carbons (Fsp3) is 0.462. The predicted molar refractivity (Wildman–Crippen MR) is 174 cm³/mol. The van der Waals surface area contributed by atoms with Crippen molar-refractivity contribution in [1.29, 1.82) is 0 Å². The molecule has 0 bridgehead atoms. The monoisotopic (exact) mass is 563 g/mol. The lowest BCUT2D eigenvalue weighted by atomic mass is 9.77. The summed E-state index contributed by atoms with van der Waals surface area (Å²) in [6.45, 7) is 3.30. The van der Waals surface area contributed by atoms with E-state index in [-0.39, 0.29) is 11.8 Å². The van der Waals surface area contributed by atoms with Gasteiger partial charge in [0.05, 0.1) is 12.6 Å². The number of hydrogen-bond acceptors (Lipinski definition) is 3. The van der Waals surface area contributed by atoms with Gasteiger partial charge in [-0.3, -0.25) is 9.69 Å². The van der Waals surface area contributed by atoms with Crippen LogP contribution >= 0.6 is 0 Å². The topological polar surface area (TPSA) is 29.5 Å². The lowest BCUT2D eigenvalue weighted by molar-refractivity contribution is -0.134. The summed E-state index contributed by atoms with van der Waals surface area (Å²) in [5, 5.41) is 0. The minimum absolute atomic E-state index is 0.193. The van der Waals surface area contributed by atoms with Gasteiger partial charge in [-0.15, -0.1) is 0 Å². The minimum Gasteiger partial charge on any atom is -0.366 e. The van der Waals surface area contributed by atoms with Crippen molar-refractivity contribution in [2.75, 3.05) is 13.3 Å². The molecule has 0 radical (unpaired) electrons. The number of fused-ring (bicyclic) bond motifs is 3. The first-order chi connectivity index (χ1) is 20.8. The maximum absolute atomic E-state index is 13.9. The summed E-state index contributed by atoms with van der Waals surface area (Å²) in [4.78, 5) is 16.2. The Morgan fingerprint density at radius 1 is 0.762 bits per heavy atom. The molecule has 0 aromatic heterocycles. The lowest BCUT2D eigenvalue weighted by Crippen LogP contribution is -2.57. The number of hydrogen-bond donors (Lipinski definition) is 0. The number of carbonyl (C=O) groups excluding carboxylic acids is 1. The van der Waals surface area contributed by atoms with Crippen LogP contribution in [0.15, 0.2) is 91.0 Å². The number of unbranched alkanes of at least 4 members (excludes halogenated alkanes) is 11. The highest BCUT2D eigenvalue weighted by molar-refractivity contribution is 5.95. The van der Waals surface area contributed by atoms with Gasteiger partial charge < -0.3 is 4.74 Å². The Bertz CT molecular complexity index is 1250. The van der Waals surface area contributed by atoms with E-state index in [0.717, 1.165) is 12.8 Å². The molecular weight excluding hydrogens is 514 g/mol. The molecule has 222 valence electrons. The molecule has 3 aromatic rings. The number of allylic oxidation sites excluding steroid dienone is 1. The quantitative estimate of drug-likeness (QED) is 0.128. The first-order valence-corrected chi connectivity index (χ1v) is 16.6. The lowest BCUT2D eigenvalue weighted by Gasteiger charge is -2.48. The van der Waals surface area contributed by atoms with Crippen LogP contribution in [0.25, 0.3) is 11.1 Å². The molecule has 0 saturated carbocycles. The average molecular weight is 564 g/mol. The Hall–Kier alpha value is -3.01. The van der Waals surface area contributed by atoms with Crippen molar-refractivity contribution in [2.24, 2.45) is 0 Å². The fourth-order valence-electron chi connectivity index (χ4n) is 7.14. The maximum Gasteiger partial charge on any atom is 0.172 e. The summed E-state index contributed by atoms with van der Waals surface area (Å²) in [6, 6.07) is 27.8. The molecule has 1 fully saturated rings. The van der Waals surface area contributed by atoms with E-state index in [1.165, 1.54) is 92.0 Å². The van der Waals surface area contributed by atoms with E-state index >= 15 is 0 Å². The Labute approximate surface area is 254 Å². The second-order valence-corrected chi connectivity index (χ2v) is 12.1. The van der Waals surface area contributed by atoms with Crippen LogP contribution in [0.5, 0.6) is 0 Å². The molecule has 3 nitrogen and oxygen atoms in total. The van der Waals surface area contributed by atoms with Crippen LogP contribution in [0.3, 0.4) is 0 Å². The molecule has 3 heteroatoms. The number of ether oxygens (including phenoxy) is 1. The molecule has 1 atom stereocenters. The summed E-state index contributed by atoms with van der Waals surface area (Å²) in [5.41, 5.74) is 5.52. The number of benzene rings is 3. The number of rotatable bonds is 16. The summed E-state index contributed by atoms with van der Waals surface area (Å²) in [7, 11) is 0. The zero-order chi connectivity index (χ0) is 29.0. The molecular formula is C39H49NO2. The van der Waals surface area contributed by atoms with E-state index in [0.29, 0.717) is 19.8 Å². The molecule has 0 spiro atoms. The third-order valence-corrected chi connectivity index (χ3v) is 9.27. The van der Waals surface area contributed by atoms with Crippen LogP contribution in [-0.4, -0.2) is 30.1 Å². The van der Waals surface area contributed by atoms with E-state index in [4.69, 9.17) is 4.74 Å². The van der Waals surface area contributed by atoms with Gasteiger partial charge in [-0.2, -0.15) is 0 Å². The van der Waals surface area contributed by atoms with E-state index in [1.54, 1.807) is 0 Å². The second-order valence-electron chi connectivity index (χ2n) is 12.1. The van der Waals surface area contributed by atoms with Crippen molar-refractivity contribution in [1.82, 2.24) is 4.90 Å². The van der Waals surface area contributed by atoms with E-state index in [2.05, 4.69) is 96.8 Å². The normalized spacial score (nSPS) is 17.8. The molecule has 0 N–H and O–H groups in total. The standard InChI is InChI=1S/C39H49NO2/c1-2-3-4-5-6-7-8-9-10-11-12-13-17-28-38(41)37-29-30-42-31-40(37)39(32-22-15-14-16-23-32)35-26-20-18-24-33(35)34-25-19-21-27-36(34)39/h14-28,37H,2-13,29-31H2,1H3/b28-17+/t37-/m0/s1. The molecule has 3 aromatic carbocycles. The molecule has 5 rings (SSSR count). The van der Waals surface area contributed by atoms with Gasteiger partial charge in [0, 0.05) is 0 Å². The number of nitrogens with zero attached hydrogens (tertiary/aromatic N) is 1. The molecule has 42 heavy (non-hydrogen) atoms. The molecule has 1 aliphatic heterocycles. The van der Waals surface area contributed by atoms with Gasteiger partial charge in [0.2, 0.25) is 0 Å². The zero-order valence-electron chi connectivity index (χ0n) is 25.6. The largest absolute Gasteiger partial charge is 0.366 e. The van der Waals surface area contributed by atoms with Crippen LogP contribution < -0.4 is 0 Å². The van der Waals surface area contributed by atoms with Crippen molar-refractivity contribution >= 4 is 5.78 Å². The highest BCUT2D eigenvalue weighted by atomic mass is 16.5. The smallest absolute Gasteiger partial charge is 0.172 e. The molecule has 2 aliphatic rings. The number of carbonyl (C=O) groups is 1. The third kappa shape index (κ3) is 6.63. The van der Waals surface area contributed by atoms with Crippen molar-refractivity contribution in [3.63, 3.8) is 0 Å². The van der Waals surface area contributed by atoms with E-state index in [9.17, 15) is 4.79 Å². The van der Waals surface area contributed by atoms with Gasteiger partial charge in [-0.25, -0.2) is 0 Å². The zero-order valence-corrected chi connectivity index (χ0v) is 25.6. The summed E-state index contributed by atoms with van der Waals surface area (Å²) >= 11 is 0. The molecule has 1 heterocycles. The summed E-state index contributed by atoms with van der Waals surface area (Å²) in [5.74, 6) is 0.193. The predicted octanol–water partition coefficient (Wildman–Crippen LogP) is 9.83. The van der Waals surface area contributed by atoms with Crippen LogP contribution in [0.1, 0.15) is 107 Å². The van der Waals surface area contributed by atoms with Gasteiger partial charge >= 0.3 is 0 Å². The minimum atomic E-state index is -0.584. The second kappa shape index (κ2) is 15.5. The number of ketones is 1. The summed E-state index contributed by atoms with van der Waals surface area (Å²) in [6.07, 6.45) is 20.4. The van der Waals surface area contributed by atoms with Crippen LogP contribution in [-0.2, 0) is 15.1 Å². The molecule has 0 amide bonds. The van der Waals surface area contributed by atoms with Crippen molar-refractivity contribution in [3.05, 3.63) is 108 Å². The Kier molecular flexibility index (Phi) is 11.2. The van der Waals surface area contributed by atoms with E-state index < -0.39 is 5.54 Å². The summed E-state index contributed by atoms with van der Waals surface area (Å²) < 4.78 is 6.12. The van der Waals surface area contributed by atoms with Gasteiger partial charge in [0.1, 0.15) is 12.3 Å². The van der Waals surface area contributed by atoms with Crippen LogP contribution in [0, 0.1) is 0 Å². The van der Waals surface area contributed by atoms with E-state index in [1.807, 2.05) is 6.08 Å². The SMILES string of the molecule is CCCCCCCCCCCCC/C=C/C(=O)[C@@H]1CCOCN1C1(c2ccccc2)c2ccccc2-c2ccccc21. The Morgan fingerprint density at radius 3 is 1.93 bits per heavy atom. The average Bonchev–Trinajstić information content (AvgIpc) is 3.35. The highest BCUT2D eigenvalue weighted by Gasteiger charge is 2.52. The molecule has 0 unspecified atom stereocenters. The molecule has 1 saturated heterocycles. The highest BCUT2D eigenvalue weighted by Crippen LogP contribution is 2.55. The van der Waals surface area contributed by atoms with Crippen LogP contribution in [0.4, 0.5) is 0 Å². The Balaban J connectivity index is 1.26. The maximum atomic E-state index is 13.9. The van der Waals surface area contributed by atoms with Crippen molar-refractivity contribution < 1.29 is 9.53 Å². The van der Waals surface area contributed by atoms with Gasteiger partial charge in [0.25, 0.3) is 0 Å². The molecule has 1 aliphatic carbocycles. The van der Waals surface area contributed by atoms with Gasteiger partial charge in [-0.1, -0.05) is 156 Å². The fourth-order valence-corrected chi connectivity index (χ4v) is 7.14. The first-order valence-electron chi connectivity index (χ1n) is 16.6. The van der Waals surface area contributed by atoms with Crippen molar-refractivity contribution in [3.8, 4) is 11.1 Å². The Morgan fingerprint density at radius 2 is 1.31 bits per heavy atom. The van der Waals surface area contributed by atoms with Crippen LogP contribution in [0.2, 0.25) is 0 Å². The van der Waals surface area contributed by atoms with Crippen molar-refractivity contribution in [2.45, 2.75) is 102 Å². The van der Waals surface area contributed by atoms with Gasteiger partial charge in [0.15, 0.2) is 5.78 Å².